The molecule has 21 heavy (non-hydrogen) atoms. The number of aromatic amines is 1. The van der Waals surface area contributed by atoms with Gasteiger partial charge in [-0.05, 0) is 50.6 Å². The molecule has 114 valence electrons. The quantitative estimate of drug-likeness (QED) is 0.888. The fourth-order valence-corrected chi connectivity index (χ4v) is 3.20. The van der Waals surface area contributed by atoms with Crippen LogP contribution in [0.5, 0.6) is 0 Å². The minimum absolute atomic E-state index is 0.0533. The van der Waals surface area contributed by atoms with E-state index in [1.165, 1.54) is 10.6 Å². The maximum atomic E-state index is 14.1. The van der Waals surface area contributed by atoms with Gasteiger partial charge in [0.25, 0.3) is 0 Å². The molecule has 0 spiro atoms. The van der Waals surface area contributed by atoms with Crippen LogP contribution in [-0.2, 0) is 6.42 Å². The Kier molecular flexibility index (Phi) is 4.84. The van der Waals surface area contributed by atoms with Gasteiger partial charge in [0, 0.05) is 12.1 Å². The lowest BCUT2D eigenvalue weighted by molar-refractivity contribution is 0.532. The number of H-pyrrole nitrogens is 1. The fraction of sp³-hybridized carbons (Fsp3) is 0.429. The second-order valence-corrected chi connectivity index (χ2v) is 6.26. The van der Waals surface area contributed by atoms with Crippen molar-refractivity contribution in [3.8, 4) is 0 Å². The Bertz CT molecular complexity index is 678. The SMILES string of the molecule is CC(N)Cc1cccc(F)c1Sc1n[nH]c(=O)n1C(C)C. The summed E-state index contributed by atoms with van der Waals surface area (Å²) < 4.78 is 15.6. The van der Waals surface area contributed by atoms with Gasteiger partial charge in [-0.2, -0.15) is 0 Å². The van der Waals surface area contributed by atoms with Crippen molar-refractivity contribution >= 4 is 11.8 Å². The predicted molar refractivity (Wildman–Crippen MR) is 81.1 cm³/mol. The third kappa shape index (κ3) is 3.54. The maximum absolute atomic E-state index is 14.1. The van der Waals surface area contributed by atoms with Crippen molar-refractivity contribution < 1.29 is 4.39 Å². The summed E-state index contributed by atoms with van der Waals surface area (Å²) in [6.45, 7) is 5.63. The maximum Gasteiger partial charge on any atom is 0.344 e. The zero-order chi connectivity index (χ0) is 15.6. The summed E-state index contributed by atoms with van der Waals surface area (Å²) >= 11 is 1.15. The van der Waals surface area contributed by atoms with Crippen LogP contribution >= 0.6 is 11.8 Å². The first-order valence-electron chi connectivity index (χ1n) is 6.78. The summed E-state index contributed by atoms with van der Waals surface area (Å²) in [6.07, 6.45) is 0.566. The average molecular weight is 310 g/mol. The first kappa shape index (κ1) is 15.8. The Morgan fingerprint density at radius 1 is 1.43 bits per heavy atom. The number of hydrogen-bond donors (Lipinski definition) is 2. The normalized spacial score (nSPS) is 12.9. The number of nitrogens with one attached hydrogen (secondary N) is 1. The van der Waals surface area contributed by atoms with Gasteiger partial charge in [-0.1, -0.05) is 12.1 Å². The Hall–Kier alpha value is -1.60. The molecule has 0 amide bonds. The average Bonchev–Trinajstić information content (AvgIpc) is 2.74. The van der Waals surface area contributed by atoms with Crippen LogP contribution in [0, 0.1) is 5.82 Å². The smallest absolute Gasteiger partial charge is 0.328 e. The molecule has 0 fully saturated rings. The summed E-state index contributed by atoms with van der Waals surface area (Å²) in [5, 5.41) is 6.84. The van der Waals surface area contributed by atoms with E-state index in [0.29, 0.717) is 16.5 Å². The molecule has 0 saturated heterocycles. The molecule has 0 aliphatic carbocycles. The van der Waals surface area contributed by atoms with Gasteiger partial charge in [0.1, 0.15) is 5.82 Å². The van der Waals surface area contributed by atoms with Gasteiger partial charge in [0.05, 0.1) is 4.90 Å². The van der Waals surface area contributed by atoms with Crippen LogP contribution < -0.4 is 11.4 Å². The first-order valence-corrected chi connectivity index (χ1v) is 7.59. The largest absolute Gasteiger partial charge is 0.344 e. The van der Waals surface area contributed by atoms with Crippen LogP contribution in [-0.4, -0.2) is 20.8 Å². The number of halogens is 1. The summed E-state index contributed by atoms with van der Waals surface area (Å²) in [6, 6.07) is 4.79. The number of nitrogens with zero attached hydrogens (tertiary/aromatic N) is 2. The molecule has 0 radical (unpaired) electrons. The van der Waals surface area contributed by atoms with Crippen molar-refractivity contribution in [1.29, 1.82) is 0 Å². The zero-order valence-corrected chi connectivity index (χ0v) is 13.1. The summed E-state index contributed by atoms with van der Waals surface area (Å²) in [5.74, 6) is -0.330. The van der Waals surface area contributed by atoms with Crippen molar-refractivity contribution in [3.05, 3.63) is 40.1 Å². The molecule has 1 atom stereocenters. The van der Waals surface area contributed by atoms with Crippen LogP contribution in [0.2, 0.25) is 0 Å². The third-order valence-electron chi connectivity index (χ3n) is 2.97. The number of aromatic nitrogens is 3. The van der Waals surface area contributed by atoms with Crippen LogP contribution in [0.3, 0.4) is 0 Å². The Morgan fingerprint density at radius 2 is 2.14 bits per heavy atom. The molecule has 1 heterocycles. The van der Waals surface area contributed by atoms with Crippen molar-refractivity contribution in [1.82, 2.24) is 14.8 Å². The van der Waals surface area contributed by atoms with Crippen LogP contribution in [0.4, 0.5) is 4.39 Å². The number of hydrogen-bond acceptors (Lipinski definition) is 4. The molecule has 3 N–H and O–H groups in total. The topological polar surface area (TPSA) is 76.7 Å². The van der Waals surface area contributed by atoms with Gasteiger partial charge in [0.15, 0.2) is 5.16 Å². The Morgan fingerprint density at radius 3 is 2.76 bits per heavy atom. The molecular weight excluding hydrogens is 291 g/mol. The molecule has 0 bridgehead atoms. The van der Waals surface area contributed by atoms with E-state index in [-0.39, 0.29) is 23.6 Å². The van der Waals surface area contributed by atoms with E-state index in [4.69, 9.17) is 5.73 Å². The predicted octanol–water partition coefficient (Wildman–Crippen LogP) is 2.33. The molecule has 2 rings (SSSR count). The van der Waals surface area contributed by atoms with E-state index in [1.807, 2.05) is 26.8 Å². The van der Waals surface area contributed by atoms with E-state index in [9.17, 15) is 9.18 Å². The van der Waals surface area contributed by atoms with Gasteiger partial charge < -0.3 is 5.73 Å². The highest BCUT2D eigenvalue weighted by molar-refractivity contribution is 7.99. The number of nitrogens with two attached hydrogens (primary N) is 1. The minimum Gasteiger partial charge on any atom is -0.328 e. The van der Waals surface area contributed by atoms with E-state index in [2.05, 4.69) is 10.2 Å². The first-order chi connectivity index (χ1) is 9.90. The highest BCUT2D eigenvalue weighted by Gasteiger charge is 2.17. The molecular formula is C14H19FN4OS. The highest BCUT2D eigenvalue weighted by Crippen LogP contribution is 2.32. The summed E-state index contributed by atoms with van der Waals surface area (Å²) in [5.41, 5.74) is 6.34. The number of rotatable bonds is 5. The Balaban J connectivity index is 2.42. The molecule has 0 aliphatic rings. The Labute approximate surface area is 126 Å². The van der Waals surface area contributed by atoms with Crippen molar-refractivity contribution in [3.63, 3.8) is 0 Å². The van der Waals surface area contributed by atoms with E-state index < -0.39 is 0 Å². The van der Waals surface area contributed by atoms with Gasteiger partial charge in [0.2, 0.25) is 0 Å². The lowest BCUT2D eigenvalue weighted by atomic mass is 10.1. The second kappa shape index (κ2) is 6.44. The molecule has 2 aromatic rings. The molecule has 5 nitrogen and oxygen atoms in total. The van der Waals surface area contributed by atoms with E-state index >= 15 is 0 Å². The highest BCUT2D eigenvalue weighted by atomic mass is 32.2. The van der Waals surface area contributed by atoms with Crippen LogP contribution in [0.25, 0.3) is 0 Å². The monoisotopic (exact) mass is 310 g/mol. The lowest BCUT2D eigenvalue weighted by Crippen LogP contribution is -2.20. The van der Waals surface area contributed by atoms with Crippen molar-refractivity contribution in [2.45, 2.75) is 49.3 Å². The molecule has 1 aromatic carbocycles. The molecule has 7 heteroatoms. The molecule has 0 aliphatic heterocycles. The number of benzene rings is 1. The van der Waals surface area contributed by atoms with Gasteiger partial charge >= 0.3 is 5.69 Å². The standard InChI is InChI=1S/C14H19FN4OS/c1-8(2)19-13(20)17-18-14(19)21-12-10(7-9(3)16)5-4-6-11(12)15/h4-6,8-9H,7,16H2,1-3H3,(H,17,20). The second-order valence-electron chi connectivity index (χ2n) is 5.29. The van der Waals surface area contributed by atoms with Crippen molar-refractivity contribution in [2.75, 3.05) is 0 Å². The van der Waals surface area contributed by atoms with E-state index in [0.717, 1.165) is 17.3 Å². The van der Waals surface area contributed by atoms with Crippen molar-refractivity contribution in [2.24, 2.45) is 5.73 Å². The molecule has 0 saturated carbocycles. The van der Waals surface area contributed by atoms with Gasteiger partial charge in [-0.3, -0.25) is 4.57 Å². The summed E-state index contributed by atoms with van der Waals surface area (Å²) in [4.78, 5) is 12.2. The minimum atomic E-state index is -0.330. The third-order valence-corrected chi connectivity index (χ3v) is 4.10. The zero-order valence-electron chi connectivity index (χ0n) is 12.3. The van der Waals surface area contributed by atoms with Crippen LogP contribution in [0.15, 0.2) is 33.0 Å². The van der Waals surface area contributed by atoms with E-state index in [1.54, 1.807) is 6.07 Å². The summed E-state index contributed by atoms with van der Waals surface area (Å²) in [7, 11) is 0. The van der Waals surface area contributed by atoms with Gasteiger partial charge in [-0.25, -0.2) is 14.3 Å². The van der Waals surface area contributed by atoms with Gasteiger partial charge in [-0.15, -0.1) is 5.10 Å². The van der Waals surface area contributed by atoms with Crippen LogP contribution in [0.1, 0.15) is 32.4 Å². The fourth-order valence-electron chi connectivity index (χ4n) is 2.08. The lowest BCUT2D eigenvalue weighted by Gasteiger charge is -2.13. The molecule has 1 unspecified atom stereocenters. The molecule has 1 aromatic heterocycles.